The van der Waals surface area contributed by atoms with E-state index in [4.69, 9.17) is 0 Å². The van der Waals surface area contributed by atoms with E-state index in [9.17, 15) is 14.0 Å². The van der Waals surface area contributed by atoms with Gasteiger partial charge < -0.3 is 9.80 Å². The number of carbonyl (C=O) groups excluding carboxylic acids is 2. The largest absolute Gasteiger partial charge is 0.338 e. The van der Waals surface area contributed by atoms with Crippen molar-refractivity contribution >= 4 is 11.8 Å². The van der Waals surface area contributed by atoms with Crippen molar-refractivity contribution in [3.05, 3.63) is 107 Å². The lowest BCUT2D eigenvalue weighted by Crippen LogP contribution is -2.38. The van der Waals surface area contributed by atoms with Crippen molar-refractivity contribution in [1.29, 1.82) is 0 Å². The number of hydrogen-bond acceptors (Lipinski definition) is 2. The molecule has 1 heterocycles. The van der Waals surface area contributed by atoms with Crippen molar-refractivity contribution in [2.45, 2.75) is 25.9 Å². The molecule has 0 aliphatic carbocycles. The number of carbonyl (C=O) groups is 2. The average Bonchev–Trinajstić information content (AvgIpc) is 3.19. The topological polar surface area (TPSA) is 40.6 Å². The van der Waals surface area contributed by atoms with Gasteiger partial charge in [-0.3, -0.25) is 9.59 Å². The fourth-order valence-corrected chi connectivity index (χ4v) is 4.14. The molecule has 1 aliphatic rings. The van der Waals surface area contributed by atoms with E-state index in [1.807, 2.05) is 53.4 Å². The van der Waals surface area contributed by atoms with Gasteiger partial charge >= 0.3 is 0 Å². The maximum atomic E-state index is 13.5. The van der Waals surface area contributed by atoms with Crippen molar-refractivity contribution in [3.8, 4) is 0 Å². The zero-order chi connectivity index (χ0) is 22.3. The van der Waals surface area contributed by atoms with E-state index in [0.717, 1.165) is 17.5 Å². The van der Waals surface area contributed by atoms with Gasteiger partial charge in [0.15, 0.2) is 0 Å². The van der Waals surface area contributed by atoms with E-state index in [1.165, 1.54) is 17.7 Å². The van der Waals surface area contributed by atoms with E-state index < -0.39 is 0 Å². The molecule has 0 N–H and O–H groups in total. The second-order valence-electron chi connectivity index (χ2n) is 8.28. The van der Waals surface area contributed by atoms with Gasteiger partial charge in [0.1, 0.15) is 5.82 Å². The summed E-state index contributed by atoms with van der Waals surface area (Å²) >= 11 is 0. The molecule has 4 rings (SSSR count). The van der Waals surface area contributed by atoms with E-state index in [-0.39, 0.29) is 30.0 Å². The quantitative estimate of drug-likeness (QED) is 0.530. The van der Waals surface area contributed by atoms with Gasteiger partial charge in [-0.1, -0.05) is 72.8 Å². The van der Waals surface area contributed by atoms with Crippen LogP contribution in [0.4, 0.5) is 4.39 Å². The molecule has 0 spiro atoms. The summed E-state index contributed by atoms with van der Waals surface area (Å²) < 4.78 is 13.2. The van der Waals surface area contributed by atoms with Crippen LogP contribution in [0.15, 0.2) is 84.9 Å². The van der Waals surface area contributed by atoms with Crippen molar-refractivity contribution in [3.63, 3.8) is 0 Å². The standard InChI is InChI=1S/C27H27FN2O2/c28-25-13-11-23(12-14-25)19-30-20-24(17-26(30)31)27(32)29(18-22-9-5-2-6-10-22)16-15-21-7-3-1-4-8-21/h1-14,24H,15-20H2/t24-/m0/s1. The van der Waals surface area contributed by atoms with Crippen LogP contribution in [0.1, 0.15) is 23.1 Å². The molecule has 32 heavy (non-hydrogen) atoms. The number of halogens is 1. The SMILES string of the molecule is O=C1C[C@H](C(=O)N(CCc2ccccc2)Cc2ccccc2)CN1Cc1ccc(F)cc1. The summed E-state index contributed by atoms with van der Waals surface area (Å²) in [6.45, 7) is 1.91. The van der Waals surface area contributed by atoms with Gasteiger partial charge in [-0.25, -0.2) is 4.39 Å². The number of amides is 2. The molecule has 5 heteroatoms. The second-order valence-corrected chi connectivity index (χ2v) is 8.28. The highest BCUT2D eigenvalue weighted by Gasteiger charge is 2.36. The van der Waals surface area contributed by atoms with Crippen LogP contribution in [-0.4, -0.2) is 34.7 Å². The number of likely N-dealkylation sites (tertiary alicyclic amines) is 1. The Morgan fingerprint density at radius 3 is 2.16 bits per heavy atom. The molecular formula is C27H27FN2O2. The monoisotopic (exact) mass is 430 g/mol. The van der Waals surface area contributed by atoms with Crippen LogP contribution in [0, 0.1) is 11.7 Å². The number of benzene rings is 3. The minimum absolute atomic E-state index is 0.0136. The van der Waals surface area contributed by atoms with Gasteiger partial charge in [0.05, 0.1) is 5.92 Å². The molecule has 3 aromatic carbocycles. The number of hydrogen-bond donors (Lipinski definition) is 0. The summed E-state index contributed by atoms with van der Waals surface area (Å²) in [7, 11) is 0. The van der Waals surface area contributed by atoms with Crippen LogP contribution in [0.5, 0.6) is 0 Å². The average molecular weight is 431 g/mol. The Bertz CT molecular complexity index is 1040. The lowest BCUT2D eigenvalue weighted by Gasteiger charge is -2.26. The number of nitrogens with zero attached hydrogens (tertiary/aromatic N) is 2. The zero-order valence-electron chi connectivity index (χ0n) is 18.0. The smallest absolute Gasteiger partial charge is 0.228 e. The molecule has 1 aliphatic heterocycles. The molecule has 1 saturated heterocycles. The molecule has 0 saturated carbocycles. The van der Waals surface area contributed by atoms with Gasteiger partial charge in [0, 0.05) is 32.6 Å². The van der Waals surface area contributed by atoms with E-state index in [1.54, 1.807) is 17.0 Å². The highest BCUT2D eigenvalue weighted by atomic mass is 19.1. The molecule has 2 amide bonds. The molecule has 1 fully saturated rings. The second kappa shape index (κ2) is 10.2. The summed E-state index contributed by atoms with van der Waals surface area (Å²) in [5.74, 6) is -0.679. The lowest BCUT2D eigenvalue weighted by molar-refractivity contribution is -0.136. The fraction of sp³-hybridized carbons (Fsp3) is 0.259. The lowest BCUT2D eigenvalue weighted by atomic mass is 10.1. The normalized spacial score (nSPS) is 15.7. The first-order valence-electron chi connectivity index (χ1n) is 11.0. The minimum atomic E-state index is -0.359. The Labute approximate surface area is 188 Å². The summed E-state index contributed by atoms with van der Waals surface area (Å²) in [6, 6.07) is 26.2. The Morgan fingerprint density at radius 1 is 0.875 bits per heavy atom. The maximum Gasteiger partial charge on any atom is 0.228 e. The van der Waals surface area contributed by atoms with Crippen molar-refractivity contribution in [1.82, 2.24) is 9.80 Å². The summed E-state index contributed by atoms with van der Waals surface area (Å²) in [6.07, 6.45) is 0.982. The molecule has 0 radical (unpaired) electrons. The molecule has 3 aromatic rings. The first-order valence-corrected chi connectivity index (χ1v) is 11.0. The Kier molecular flexibility index (Phi) is 6.95. The van der Waals surface area contributed by atoms with Crippen LogP contribution in [0.2, 0.25) is 0 Å². The zero-order valence-corrected chi connectivity index (χ0v) is 18.0. The van der Waals surface area contributed by atoms with Crippen LogP contribution in [0.3, 0.4) is 0 Å². The maximum absolute atomic E-state index is 13.5. The minimum Gasteiger partial charge on any atom is -0.338 e. The van der Waals surface area contributed by atoms with Gasteiger partial charge in [-0.05, 0) is 35.2 Å². The van der Waals surface area contributed by atoms with E-state index >= 15 is 0 Å². The van der Waals surface area contributed by atoms with Gasteiger partial charge in [0.2, 0.25) is 11.8 Å². The van der Waals surface area contributed by atoms with Crippen LogP contribution >= 0.6 is 0 Å². The Hall–Kier alpha value is -3.47. The third-order valence-electron chi connectivity index (χ3n) is 5.89. The van der Waals surface area contributed by atoms with Crippen LogP contribution < -0.4 is 0 Å². The molecule has 0 unspecified atom stereocenters. The van der Waals surface area contributed by atoms with Crippen molar-refractivity contribution < 1.29 is 14.0 Å². The van der Waals surface area contributed by atoms with Gasteiger partial charge in [-0.2, -0.15) is 0 Å². The van der Waals surface area contributed by atoms with E-state index in [2.05, 4.69) is 12.1 Å². The van der Waals surface area contributed by atoms with Crippen LogP contribution in [-0.2, 0) is 29.1 Å². The third-order valence-corrected chi connectivity index (χ3v) is 5.89. The van der Waals surface area contributed by atoms with Gasteiger partial charge in [0.25, 0.3) is 0 Å². The summed E-state index contributed by atoms with van der Waals surface area (Å²) in [4.78, 5) is 29.6. The highest BCUT2D eigenvalue weighted by Crippen LogP contribution is 2.23. The Balaban J connectivity index is 1.44. The fourth-order valence-electron chi connectivity index (χ4n) is 4.14. The Morgan fingerprint density at radius 2 is 1.50 bits per heavy atom. The first-order chi connectivity index (χ1) is 15.6. The highest BCUT2D eigenvalue weighted by molar-refractivity contribution is 5.89. The van der Waals surface area contributed by atoms with E-state index in [0.29, 0.717) is 26.2 Å². The molecule has 4 nitrogen and oxygen atoms in total. The predicted octanol–water partition coefficient (Wildman–Crippen LogP) is 4.45. The molecular weight excluding hydrogens is 403 g/mol. The molecule has 0 aromatic heterocycles. The third kappa shape index (κ3) is 5.61. The molecule has 1 atom stereocenters. The predicted molar refractivity (Wildman–Crippen MR) is 122 cm³/mol. The van der Waals surface area contributed by atoms with Crippen molar-refractivity contribution in [2.75, 3.05) is 13.1 Å². The molecule has 0 bridgehead atoms. The molecule has 164 valence electrons. The summed E-state index contributed by atoms with van der Waals surface area (Å²) in [5.41, 5.74) is 3.11. The summed E-state index contributed by atoms with van der Waals surface area (Å²) in [5, 5.41) is 0. The number of rotatable bonds is 8. The van der Waals surface area contributed by atoms with Crippen LogP contribution in [0.25, 0.3) is 0 Å². The first kappa shape index (κ1) is 21.8. The van der Waals surface area contributed by atoms with Gasteiger partial charge in [-0.15, -0.1) is 0 Å². The van der Waals surface area contributed by atoms with Crippen molar-refractivity contribution in [2.24, 2.45) is 5.92 Å².